The van der Waals surface area contributed by atoms with Crippen molar-refractivity contribution in [2.75, 3.05) is 6.61 Å². The van der Waals surface area contributed by atoms with E-state index in [0.29, 0.717) is 0 Å². The lowest BCUT2D eigenvalue weighted by molar-refractivity contribution is 0.354. The molecule has 0 aromatic heterocycles. The minimum absolute atomic E-state index is 0.883. The van der Waals surface area contributed by atoms with Crippen molar-refractivity contribution in [3.8, 4) is 0 Å². The maximum Gasteiger partial charge on any atom is 0.325 e. The van der Waals surface area contributed by atoms with Crippen molar-refractivity contribution in [2.45, 2.75) is 58.4 Å². The van der Waals surface area contributed by atoms with Crippen LogP contribution in [-0.4, -0.2) is 9.92 Å². The minimum Gasteiger partial charge on any atom is -0.400 e. The van der Waals surface area contributed by atoms with Crippen molar-refractivity contribution in [1.29, 1.82) is 0 Å². The van der Waals surface area contributed by atoms with Crippen LogP contribution in [0.3, 0.4) is 0 Å². The van der Waals surface area contributed by atoms with Gasteiger partial charge in [-0.05, 0) is 13.0 Å². The zero-order valence-electron chi connectivity index (χ0n) is 9.32. The van der Waals surface area contributed by atoms with Crippen molar-refractivity contribution in [2.24, 2.45) is 0 Å². The number of rotatable bonds is 9. The molecule has 0 aromatic carbocycles. The fraction of sp³-hybridized carbons (Fsp3) is 1.00. The standard InChI is InChI=1S/C10H22I2OSi/c1-3-5-6-7-8-9-10-14(11,12)13-4-2/h3-10H2,1-2H3. The predicted molar refractivity (Wildman–Crippen MR) is 83.6 cm³/mol. The zero-order chi connectivity index (χ0) is 10.9. The van der Waals surface area contributed by atoms with E-state index in [1.807, 2.05) is 0 Å². The zero-order valence-corrected chi connectivity index (χ0v) is 14.6. The predicted octanol–water partition coefficient (Wildman–Crippen LogP) is 5.19. The molecule has 1 nitrogen and oxygen atoms in total. The van der Waals surface area contributed by atoms with Gasteiger partial charge in [-0.25, -0.2) is 0 Å². The van der Waals surface area contributed by atoms with Crippen LogP contribution in [0.25, 0.3) is 0 Å². The van der Waals surface area contributed by atoms with Crippen LogP contribution in [0, 0.1) is 0 Å². The summed E-state index contributed by atoms with van der Waals surface area (Å²) in [6.07, 6.45) is 8.34. The van der Waals surface area contributed by atoms with Gasteiger partial charge in [0.1, 0.15) is 0 Å². The maximum atomic E-state index is 5.77. The quantitative estimate of drug-likeness (QED) is 0.208. The highest BCUT2D eigenvalue weighted by Crippen LogP contribution is 2.30. The third-order valence-electron chi connectivity index (χ3n) is 2.18. The van der Waals surface area contributed by atoms with E-state index in [9.17, 15) is 0 Å². The van der Waals surface area contributed by atoms with Crippen LogP contribution in [-0.2, 0) is 4.43 Å². The Labute approximate surface area is 115 Å². The second kappa shape index (κ2) is 9.83. The van der Waals surface area contributed by atoms with E-state index in [1.54, 1.807) is 0 Å². The molecule has 0 aromatic rings. The Bertz CT molecular complexity index is 131. The summed E-state index contributed by atoms with van der Waals surface area (Å²) < 4.78 is 4.44. The Balaban J connectivity index is 3.26. The molecular formula is C10H22I2OSi. The van der Waals surface area contributed by atoms with E-state index < -0.39 is 3.31 Å². The third-order valence-corrected chi connectivity index (χ3v) is 8.93. The lowest BCUT2D eigenvalue weighted by Gasteiger charge is -2.16. The van der Waals surface area contributed by atoms with Crippen molar-refractivity contribution >= 4 is 46.9 Å². The third kappa shape index (κ3) is 10.2. The van der Waals surface area contributed by atoms with Crippen LogP contribution < -0.4 is 0 Å². The first-order valence-corrected chi connectivity index (χ1v) is 14.0. The van der Waals surface area contributed by atoms with E-state index in [1.165, 1.54) is 44.6 Å². The van der Waals surface area contributed by atoms with Gasteiger partial charge in [0.05, 0.1) is 0 Å². The lowest BCUT2D eigenvalue weighted by Crippen LogP contribution is -2.22. The Hall–Kier alpha value is 1.64. The summed E-state index contributed by atoms with van der Waals surface area (Å²) in [5, 5.41) is 0. The molecule has 0 radical (unpaired) electrons. The summed E-state index contributed by atoms with van der Waals surface area (Å²) in [4.78, 5) is 0. The molecule has 0 aliphatic heterocycles. The highest BCUT2D eigenvalue weighted by atomic mass is 127. The average molecular weight is 440 g/mol. The molecule has 0 saturated carbocycles. The molecule has 0 unspecified atom stereocenters. The van der Waals surface area contributed by atoms with Crippen LogP contribution in [0.5, 0.6) is 0 Å². The lowest BCUT2D eigenvalue weighted by atomic mass is 10.1. The van der Waals surface area contributed by atoms with Gasteiger partial charge in [-0.1, -0.05) is 89.0 Å². The first-order chi connectivity index (χ1) is 6.62. The fourth-order valence-corrected chi connectivity index (χ4v) is 6.78. The molecule has 0 N–H and O–H groups in total. The van der Waals surface area contributed by atoms with Crippen LogP contribution in [0.4, 0.5) is 0 Å². The van der Waals surface area contributed by atoms with Crippen molar-refractivity contribution in [3.63, 3.8) is 0 Å². The van der Waals surface area contributed by atoms with Crippen LogP contribution in [0.2, 0.25) is 6.04 Å². The molecule has 0 aliphatic rings. The highest BCUT2D eigenvalue weighted by Gasteiger charge is 2.26. The van der Waals surface area contributed by atoms with Gasteiger partial charge in [-0.2, -0.15) is 0 Å². The number of halogens is 2. The number of unbranched alkanes of at least 4 members (excludes halogenated alkanes) is 5. The van der Waals surface area contributed by atoms with E-state index in [2.05, 4.69) is 57.4 Å². The summed E-state index contributed by atoms with van der Waals surface area (Å²) in [6.45, 7) is 5.25. The normalized spacial score (nSPS) is 12.0. The smallest absolute Gasteiger partial charge is 0.325 e. The fourth-order valence-electron chi connectivity index (χ4n) is 1.39. The van der Waals surface area contributed by atoms with Gasteiger partial charge in [-0.3, -0.25) is 0 Å². The SMILES string of the molecule is CCCCCCCC[Si](I)(I)OCC. The van der Waals surface area contributed by atoms with E-state index in [0.717, 1.165) is 6.61 Å². The summed E-state index contributed by atoms with van der Waals surface area (Å²) in [6, 6.07) is 1.31. The highest BCUT2D eigenvalue weighted by molar-refractivity contribution is 14.3. The Morgan fingerprint density at radius 2 is 1.50 bits per heavy atom. The van der Waals surface area contributed by atoms with Gasteiger partial charge in [-0.15, -0.1) is 0 Å². The number of hydrogen-bond donors (Lipinski definition) is 0. The first kappa shape index (κ1) is 15.6. The van der Waals surface area contributed by atoms with Crippen molar-refractivity contribution in [1.82, 2.24) is 0 Å². The van der Waals surface area contributed by atoms with Crippen molar-refractivity contribution in [3.05, 3.63) is 0 Å². The van der Waals surface area contributed by atoms with E-state index in [-0.39, 0.29) is 0 Å². The number of hydrogen-bond acceptors (Lipinski definition) is 1. The van der Waals surface area contributed by atoms with Gasteiger partial charge in [0, 0.05) is 6.61 Å². The Morgan fingerprint density at radius 1 is 0.929 bits per heavy atom. The molecule has 0 fully saturated rings. The molecule has 0 heterocycles. The molecule has 86 valence electrons. The molecule has 0 rings (SSSR count). The first-order valence-electron chi connectivity index (χ1n) is 5.64. The molecule has 0 atom stereocenters. The van der Waals surface area contributed by atoms with Crippen LogP contribution in [0.1, 0.15) is 52.4 Å². The van der Waals surface area contributed by atoms with Gasteiger partial charge >= 0.3 is 3.31 Å². The molecule has 0 bridgehead atoms. The average Bonchev–Trinajstić information content (AvgIpc) is 2.11. The molecule has 0 aliphatic carbocycles. The largest absolute Gasteiger partial charge is 0.400 e. The van der Waals surface area contributed by atoms with Crippen molar-refractivity contribution < 1.29 is 4.43 Å². The summed E-state index contributed by atoms with van der Waals surface area (Å²) in [7, 11) is 0. The monoisotopic (exact) mass is 440 g/mol. The summed E-state index contributed by atoms with van der Waals surface area (Å²) in [5.74, 6) is 0. The van der Waals surface area contributed by atoms with E-state index >= 15 is 0 Å². The summed E-state index contributed by atoms with van der Waals surface area (Å²) >= 11 is 5.09. The Morgan fingerprint density at radius 3 is 2.07 bits per heavy atom. The van der Waals surface area contributed by atoms with Gasteiger partial charge in [0.25, 0.3) is 0 Å². The van der Waals surface area contributed by atoms with Crippen LogP contribution in [0.15, 0.2) is 0 Å². The van der Waals surface area contributed by atoms with Crippen LogP contribution >= 0.6 is 43.6 Å². The molecule has 0 amide bonds. The van der Waals surface area contributed by atoms with Gasteiger partial charge in [0.15, 0.2) is 0 Å². The minimum atomic E-state index is -1.33. The summed E-state index contributed by atoms with van der Waals surface area (Å²) in [5.41, 5.74) is 0. The molecule has 0 spiro atoms. The molecule has 4 heteroatoms. The maximum absolute atomic E-state index is 5.77. The van der Waals surface area contributed by atoms with Gasteiger partial charge < -0.3 is 4.43 Å². The molecule has 0 saturated heterocycles. The Kier molecular flexibility index (Phi) is 11.0. The molecule has 14 heavy (non-hydrogen) atoms. The van der Waals surface area contributed by atoms with E-state index in [4.69, 9.17) is 4.43 Å². The van der Waals surface area contributed by atoms with Gasteiger partial charge in [0.2, 0.25) is 0 Å². The molecular weight excluding hydrogens is 418 g/mol. The topological polar surface area (TPSA) is 9.23 Å². The second-order valence-electron chi connectivity index (χ2n) is 3.59. The second-order valence-corrected chi connectivity index (χ2v) is 22.3.